The molecule has 0 amide bonds. The van der Waals surface area contributed by atoms with Gasteiger partial charge >= 0.3 is 0 Å². The van der Waals surface area contributed by atoms with Crippen molar-refractivity contribution >= 4 is 38.6 Å². The number of aliphatic hydroxyl groups is 1. The Hall–Kier alpha value is -0.800. The summed E-state index contributed by atoms with van der Waals surface area (Å²) in [6, 6.07) is 4.47. The Morgan fingerprint density at radius 2 is 2.04 bits per heavy atom. The lowest BCUT2D eigenvalue weighted by atomic mass is 10.0. The van der Waals surface area contributed by atoms with Crippen LogP contribution in [-0.4, -0.2) is 42.4 Å². The third kappa shape index (κ3) is 4.72. The van der Waals surface area contributed by atoms with E-state index >= 15 is 0 Å². The van der Waals surface area contributed by atoms with Crippen LogP contribution in [-0.2, 0) is 15.7 Å². The summed E-state index contributed by atoms with van der Waals surface area (Å²) in [4.78, 5) is 6.32. The van der Waals surface area contributed by atoms with Gasteiger partial charge in [0.2, 0.25) is 10.0 Å². The summed E-state index contributed by atoms with van der Waals surface area (Å²) >= 11 is 7.47. The first-order valence-corrected chi connectivity index (χ1v) is 11.6. The molecule has 1 aliphatic rings. The number of hydrogen-bond donors (Lipinski definition) is 2. The van der Waals surface area contributed by atoms with Gasteiger partial charge in [-0.1, -0.05) is 56.1 Å². The standard InChI is InChI=1S/C17H26ClN3O3S2/c1-3-5-9-20-16-21(10-6-4-2)17(22,12-25-16)13-7-8-14(18)15(11-13)26(19,23)24/h7-8,11,22H,3-6,9-10,12H2,1-2H3,(H2,19,23,24). The van der Waals surface area contributed by atoms with Gasteiger partial charge in [0.05, 0.1) is 10.8 Å². The second-order valence-corrected chi connectivity index (χ2v) is 9.20. The molecule has 1 fully saturated rings. The lowest BCUT2D eigenvalue weighted by Gasteiger charge is -2.35. The van der Waals surface area contributed by atoms with Crippen LogP contribution in [0.2, 0.25) is 5.02 Å². The van der Waals surface area contributed by atoms with Crippen molar-refractivity contribution in [1.82, 2.24) is 4.90 Å². The van der Waals surface area contributed by atoms with Crippen molar-refractivity contribution in [1.29, 1.82) is 0 Å². The van der Waals surface area contributed by atoms with Crippen LogP contribution in [0.15, 0.2) is 28.1 Å². The predicted molar refractivity (Wildman–Crippen MR) is 108 cm³/mol. The molecule has 3 N–H and O–H groups in total. The van der Waals surface area contributed by atoms with Crippen molar-refractivity contribution < 1.29 is 13.5 Å². The van der Waals surface area contributed by atoms with Crippen molar-refractivity contribution in [3.8, 4) is 0 Å². The minimum absolute atomic E-state index is 0.0439. The number of halogens is 1. The zero-order valence-corrected chi connectivity index (χ0v) is 17.5. The number of rotatable bonds is 8. The maximum atomic E-state index is 11.8. The molecule has 1 aromatic rings. The monoisotopic (exact) mass is 419 g/mol. The van der Waals surface area contributed by atoms with Crippen LogP contribution in [0, 0.1) is 0 Å². The molecule has 0 aliphatic carbocycles. The van der Waals surface area contributed by atoms with Crippen LogP contribution in [0.25, 0.3) is 0 Å². The average molecular weight is 420 g/mol. The predicted octanol–water partition coefficient (Wildman–Crippen LogP) is 3.14. The van der Waals surface area contributed by atoms with Crippen molar-refractivity contribution in [2.24, 2.45) is 10.1 Å². The van der Waals surface area contributed by atoms with Gasteiger partial charge in [0.1, 0.15) is 4.90 Å². The number of amidine groups is 1. The zero-order valence-electron chi connectivity index (χ0n) is 15.1. The lowest BCUT2D eigenvalue weighted by molar-refractivity contribution is -0.0484. The van der Waals surface area contributed by atoms with Crippen LogP contribution >= 0.6 is 23.4 Å². The van der Waals surface area contributed by atoms with Crippen molar-refractivity contribution in [2.75, 3.05) is 18.8 Å². The normalized spacial score (nSPS) is 22.3. The van der Waals surface area contributed by atoms with E-state index in [0.717, 1.165) is 30.9 Å². The Morgan fingerprint density at radius 3 is 2.65 bits per heavy atom. The number of nitrogens with two attached hydrogens (primary N) is 1. The Bertz CT molecular complexity index is 771. The van der Waals surface area contributed by atoms with E-state index in [1.165, 1.54) is 23.9 Å². The Labute approximate surface area is 164 Å². The minimum Gasteiger partial charge on any atom is -0.366 e. The summed E-state index contributed by atoms with van der Waals surface area (Å²) in [6.45, 7) is 5.53. The third-order valence-corrected chi connectivity index (χ3v) is 6.82. The molecule has 146 valence electrons. The molecule has 1 saturated heterocycles. The third-order valence-electron chi connectivity index (χ3n) is 4.27. The summed E-state index contributed by atoms with van der Waals surface area (Å²) in [5, 5.41) is 17.5. The highest BCUT2D eigenvalue weighted by Gasteiger charge is 2.44. The molecule has 6 nitrogen and oxygen atoms in total. The van der Waals surface area contributed by atoms with Gasteiger partial charge in [-0.2, -0.15) is 0 Å². The van der Waals surface area contributed by atoms with Gasteiger partial charge in [-0.15, -0.1) is 0 Å². The van der Waals surface area contributed by atoms with Crippen molar-refractivity contribution in [3.05, 3.63) is 28.8 Å². The number of aliphatic imine (C=N–C) groups is 1. The molecule has 0 aromatic heterocycles. The molecular formula is C17H26ClN3O3S2. The van der Waals surface area contributed by atoms with Gasteiger partial charge < -0.3 is 10.0 Å². The molecule has 1 unspecified atom stereocenters. The molecule has 1 aliphatic heterocycles. The van der Waals surface area contributed by atoms with Gasteiger partial charge in [0.25, 0.3) is 0 Å². The summed E-state index contributed by atoms with van der Waals surface area (Å²) in [5.74, 6) is 0.368. The fraction of sp³-hybridized carbons (Fsp3) is 0.588. The van der Waals surface area contributed by atoms with E-state index < -0.39 is 15.7 Å². The summed E-state index contributed by atoms with van der Waals surface area (Å²) in [6.07, 6.45) is 3.91. The molecule has 0 saturated carbocycles. The molecule has 1 atom stereocenters. The van der Waals surface area contributed by atoms with E-state index in [-0.39, 0.29) is 9.92 Å². The van der Waals surface area contributed by atoms with Gasteiger partial charge in [-0.3, -0.25) is 4.99 Å². The van der Waals surface area contributed by atoms with Crippen LogP contribution in [0.1, 0.15) is 45.1 Å². The van der Waals surface area contributed by atoms with E-state index in [4.69, 9.17) is 16.7 Å². The van der Waals surface area contributed by atoms with Crippen LogP contribution in [0.3, 0.4) is 0 Å². The van der Waals surface area contributed by atoms with Crippen LogP contribution in [0.5, 0.6) is 0 Å². The maximum Gasteiger partial charge on any atom is 0.239 e. The smallest absolute Gasteiger partial charge is 0.239 e. The van der Waals surface area contributed by atoms with E-state index in [1.807, 2.05) is 4.90 Å². The number of benzene rings is 1. The highest BCUT2D eigenvalue weighted by Crippen LogP contribution is 2.40. The molecule has 26 heavy (non-hydrogen) atoms. The number of nitrogens with zero attached hydrogens (tertiary/aromatic N) is 2. The fourth-order valence-corrected chi connectivity index (χ4v) is 5.05. The molecule has 0 bridgehead atoms. The molecule has 0 spiro atoms. The fourth-order valence-electron chi connectivity index (χ4n) is 2.75. The van der Waals surface area contributed by atoms with Gasteiger partial charge in [-0.25, -0.2) is 13.6 Å². The molecule has 2 rings (SSSR count). The first kappa shape index (κ1) is 21.5. The van der Waals surface area contributed by atoms with Gasteiger partial charge in [0, 0.05) is 18.7 Å². The second-order valence-electron chi connectivity index (χ2n) is 6.32. The first-order chi connectivity index (χ1) is 12.2. The first-order valence-electron chi connectivity index (χ1n) is 8.74. The number of sulfonamides is 1. The van der Waals surface area contributed by atoms with Gasteiger partial charge in [-0.05, 0) is 25.0 Å². The number of hydrogen-bond acceptors (Lipinski definition) is 5. The SMILES string of the molecule is CCCCN=C1SCC(O)(c2ccc(Cl)c(S(N)(=O)=O)c2)N1CCCC. The number of primary sulfonamides is 1. The van der Waals surface area contributed by atoms with E-state index in [1.54, 1.807) is 6.07 Å². The number of thioether (sulfide) groups is 1. The van der Waals surface area contributed by atoms with Crippen molar-refractivity contribution in [3.63, 3.8) is 0 Å². The minimum atomic E-state index is -3.98. The lowest BCUT2D eigenvalue weighted by Crippen LogP contribution is -2.45. The van der Waals surface area contributed by atoms with Gasteiger partial charge in [0.15, 0.2) is 10.9 Å². The molecule has 1 heterocycles. The summed E-state index contributed by atoms with van der Waals surface area (Å²) < 4.78 is 23.6. The highest BCUT2D eigenvalue weighted by atomic mass is 35.5. The Morgan fingerprint density at radius 1 is 1.35 bits per heavy atom. The molecular weight excluding hydrogens is 394 g/mol. The highest BCUT2D eigenvalue weighted by molar-refractivity contribution is 8.14. The summed E-state index contributed by atoms with van der Waals surface area (Å²) in [5.41, 5.74) is -0.884. The van der Waals surface area contributed by atoms with E-state index in [0.29, 0.717) is 24.4 Å². The molecule has 0 radical (unpaired) electrons. The largest absolute Gasteiger partial charge is 0.366 e. The second kappa shape index (κ2) is 8.93. The zero-order chi connectivity index (χ0) is 19.4. The number of unbranched alkanes of at least 4 members (excludes halogenated alkanes) is 2. The van der Waals surface area contributed by atoms with Crippen molar-refractivity contribution in [2.45, 2.75) is 50.2 Å². The Kier molecular flexibility index (Phi) is 7.38. The van der Waals surface area contributed by atoms with Crippen LogP contribution < -0.4 is 5.14 Å². The van der Waals surface area contributed by atoms with Crippen LogP contribution in [0.4, 0.5) is 0 Å². The topological polar surface area (TPSA) is 96.0 Å². The van der Waals surface area contributed by atoms with E-state index in [9.17, 15) is 13.5 Å². The molecule has 9 heteroatoms. The maximum absolute atomic E-state index is 11.8. The molecule has 1 aromatic carbocycles. The quantitative estimate of drug-likeness (QED) is 0.631. The average Bonchev–Trinajstić information content (AvgIpc) is 2.89. The summed E-state index contributed by atoms with van der Waals surface area (Å²) in [7, 11) is -3.98. The van der Waals surface area contributed by atoms with E-state index in [2.05, 4.69) is 18.8 Å². The Balaban J connectivity index is 2.43.